The van der Waals surface area contributed by atoms with Crippen molar-refractivity contribution >= 4 is 11.8 Å². The Morgan fingerprint density at radius 2 is 1.40 bits per heavy atom. The van der Waals surface area contributed by atoms with E-state index in [1.165, 1.54) is 0 Å². The van der Waals surface area contributed by atoms with Crippen LogP contribution in [-0.4, -0.2) is 38.1 Å². The van der Waals surface area contributed by atoms with Gasteiger partial charge in [-0.05, 0) is 6.42 Å². The lowest BCUT2D eigenvalue weighted by Crippen LogP contribution is -2.16. The lowest BCUT2D eigenvalue weighted by atomic mass is 10.2. The van der Waals surface area contributed by atoms with Crippen LogP contribution in [0.2, 0.25) is 0 Å². The Hall–Kier alpha value is -1.06. The first-order chi connectivity index (χ1) is 7.45. The minimum atomic E-state index is 0.830. The fraction of sp³-hybridized carbons (Fsp3) is 0.818. The summed E-state index contributed by atoms with van der Waals surface area (Å²) in [4.78, 5) is 8.65. The molecule has 0 aromatic heterocycles. The van der Waals surface area contributed by atoms with E-state index in [-0.39, 0.29) is 0 Å². The summed E-state index contributed by atoms with van der Waals surface area (Å²) in [6.07, 6.45) is 4.97. The van der Waals surface area contributed by atoms with Crippen molar-refractivity contribution in [2.45, 2.75) is 32.1 Å². The van der Waals surface area contributed by atoms with Crippen LogP contribution in [-0.2, 0) is 9.47 Å². The van der Waals surface area contributed by atoms with Crippen molar-refractivity contribution in [2.24, 2.45) is 9.98 Å². The Balaban J connectivity index is 1.65. The van der Waals surface area contributed by atoms with Gasteiger partial charge in [0.25, 0.3) is 0 Å². The SMILES string of the molecule is C1CN=C(CCCC2=NCCCO2)OC1. The molecule has 2 rings (SSSR count). The van der Waals surface area contributed by atoms with Gasteiger partial charge in [0, 0.05) is 38.8 Å². The van der Waals surface area contributed by atoms with Gasteiger partial charge in [-0.15, -0.1) is 0 Å². The van der Waals surface area contributed by atoms with Gasteiger partial charge in [-0.1, -0.05) is 0 Å². The third kappa shape index (κ3) is 3.53. The molecule has 0 unspecified atom stereocenters. The minimum absolute atomic E-state index is 0.830. The molecule has 0 aliphatic carbocycles. The molecule has 0 radical (unpaired) electrons. The summed E-state index contributed by atoms with van der Waals surface area (Å²) in [5.74, 6) is 1.83. The highest BCUT2D eigenvalue weighted by Crippen LogP contribution is 2.08. The van der Waals surface area contributed by atoms with Crippen LogP contribution in [0.25, 0.3) is 0 Å². The Morgan fingerprint density at radius 3 is 1.80 bits per heavy atom. The average molecular weight is 210 g/mol. The fourth-order valence-electron chi connectivity index (χ4n) is 1.70. The van der Waals surface area contributed by atoms with E-state index in [1.54, 1.807) is 0 Å². The Bertz CT molecular complexity index is 235. The molecule has 0 fully saturated rings. The van der Waals surface area contributed by atoms with Crippen molar-refractivity contribution in [2.75, 3.05) is 26.3 Å². The van der Waals surface area contributed by atoms with Gasteiger partial charge >= 0.3 is 0 Å². The molecular formula is C11H18N2O2. The zero-order valence-corrected chi connectivity index (χ0v) is 9.07. The molecule has 0 amide bonds. The van der Waals surface area contributed by atoms with Gasteiger partial charge in [0.2, 0.25) is 0 Å². The van der Waals surface area contributed by atoms with E-state index in [9.17, 15) is 0 Å². The van der Waals surface area contributed by atoms with E-state index in [0.717, 1.165) is 70.2 Å². The van der Waals surface area contributed by atoms with Crippen LogP contribution in [0.5, 0.6) is 0 Å². The predicted octanol–water partition coefficient (Wildman–Crippen LogP) is 1.79. The molecule has 0 spiro atoms. The largest absolute Gasteiger partial charge is 0.481 e. The Morgan fingerprint density at radius 1 is 0.867 bits per heavy atom. The van der Waals surface area contributed by atoms with E-state index < -0.39 is 0 Å². The zero-order valence-electron chi connectivity index (χ0n) is 9.07. The monoisotopic (exact) mass is 210 g/mol. The second-order valence-corrected chi connectivity index (χ2v) is 3.81. The molecule has 4 heteroatoms. The summed E-state index contributed by atoms with van der Waals surface area (Å²) in [6.45, 7) is 3.51. The van der Waals surface area contributed by atoms with Crippen LogP contribution >= 0.6 is 0 Å². The fourth-order valence-corrected chi connectivity index (χ4v) is 1.70. The van der Waals surface area contributed by atoms with Crippen molar-refractivity contribution in [3.8, 4) is 0 Å². The number of aliphatic imine (C=N–C) groups is 2. The van der Waals surface area contributed by atoms with E-state index in [1.807, 2.05) is 0 Å². The van der Waals surface area contributed by atoms with Crippen LogP contribution < -0.4 is 0 Å². The van der Waals surface area contributed by atoms with Crippen LogP contribution in [0.15, 0.2) is 9.98 Å². The summed E-state index contributed by atoms with van der Waals surface area (Å²) in [5, 5.41) is 0. The number of ether oxygens (including phenoxy) is 2. The van der Waals surface area contributed by atoms with Gasteiger partial charge in [-0.25, -0.2) is 0 Å². The van der Waals surface area contributed by atoms with E-state index in [0.29, 0.717) is 0 Å². The lowest BCUT2D eigenvalue weighted by Gasteiger charge is -2.15. The van der Waals surface area contributed by atoms with Crippen LogP contribution in [0.3, 0.4) is 0 Å². The highest BCUT2D eigenvalue weighted by molar-refractivity contribution is 5.79. The molecule has 0 N–H and O–H groups in total. The summed E-state index contributed by atoms with van der Waals surface area (Å²) in [5.41, 5.74) is 0. The second-order valence-electron chi connectivity index (χ2n) is 3.81. The average Bonchev–Trinajstić information content (AvgIpc) is 2.32. The molecule has 0 saturated heterocycles. The van der Waals surface area contributed by atoms with Gasteiger partial charge in [0.05, 0.1) is 13.2 Å². The third-order valence-corrected chi connectivity index (χ3v) is 2.50. The summed E-state index contributed by atoms with van der Waals surface area (Å²) in [7, 11) is 0. The highest BCUT2D eigenvalue weighted by Gasteiger charge is 2.09. The molecule has 0 aromatic rings. The molecule has 2 aliphatic heterocycles. The molecule has 2 aliphatic rings. The van der Waals surface area contributed by atoms with Crippen molar-refractivity contribution in [1.82, 2.24) is 0 Å². The van der Waals surface area contributed by atoms with Crippen LogP contribution in [0.1, 0.15) is 32.1 Å². The van der Waals surface area contributed by atoms with Gasteiger partial charge < -0.3 is 9.47 Å². The first-order valence-corrected chi connectivity index (χ1v) is 5.77. The lowest BCUT2D eigenvalue weighted by molar-refractivity contribution is 0.266. The smallest absolute Gasteiger partial charge is 0.183 e. The Labute approximate surface area is 90.4 Å². The van der Waals surface area contributed by atoms with Gasteiger partial charge in [0.1, 0.15) is 0 Å². The zero-order chi connectivity index (χ0) is 10.3. The summed E-state index contributed by atoms with van der Waals surface area (Å²) >= 11 is 0. The molecule has 0 atom stereocenters. The third-order valence-electron chi connectivity index (χ3n) is 2.50. The maximum Gasteiger partial charge on any atom is 0.183 e. The van der Waals surface area contributed by atoms with Crippen molar-refractivity contribution in [3.05, 3.63) is 0 Å². The predicted molar refractivity (Wildman–Crippen MR) is 59.6 cm³/mol. The first-order valence-electron chi connectivity index (χ1n) is 5.77. The maximum absolute atomic E-state index is 5.44. The van der Waals surface area contributed by atoms with E-state index >= 15 is 0 Å². The highest BCUT2D eigenvalue weighted by atomic mass is 16.5. The van der Waals surface area contributed by atoms with E-state index in [2.05, 4.69) is 9.98 Å². The normalized spacial score (nSPS) is 21.1. The molecular weight excluding hydrogens is 192 g/mol. The van der Waals surface area contributed by atoms with Crippen LogP contribution in [0, 0.1) is 0 Å². The summed E-state index contributed by atoms with van der Waals surface area (Å²) < 4.78 is 10.9. The standard InChI is InChI=1S/C11H18N2O2/c1(4-10-12-6-2-8-14-10)5-11-13-7-3-9-15-11/h1-9H2. The number of rotatable bonds is 4. The molecule has 4 nitrogen and oxygen atoms in total. The second kappa shape index (κ2) is 5.73. The topological polar surface area (TPSA) is 43.2 Å². The van der Waals surface area contributed by atoms with Gasteiger partial charge in [-0.2, -0.15) is 0 Å². The molecule has 0 saturated carbocycles. The number of hydrogen-bond acceptors (Lipinski definition) is 4. The molecule has 15 heavy (non-hydrogen) atoms. The van der Waals surface area contributed by atoms with Crippen molar-refractivity contribution in [1.29, 1.82) is 0 Å². The number of hydrogen-bond donors (Lipinski definition) is 0. The molecule has 2 heterocycles. The van der Waals surface area contributed by atoms with E-state index in [4.69, 9.17) is 9.47 Å². The molecule has 0 bridgehead atoms. The van der Waals surface area contributed by atoms with Gasteiger partial charge in [0.15, 0.2) is 11.8 Å². The van der Waals surface area contributed by atoms with Gasteiger partial charge in [-0.3, -0.25) is 9.98 Å². The minimum Gasteiger partial charge on any atom is -0.481 e. The molecule has 84 valence electrons. The quantitative estimate of drug-likeness (QED) is 0.710. The Kier molecular flexibility index (Phi) is 4.00. The number of nitrogens with zero attached hydrogens (tertiary/aromatic N) is 2. The first kappa shape index (κ1) is 10.5. The maximum atomic E-state index is 5.44. The molecule has 0 aromatic carbocycles. The van der Waals surface area contributed by atoms with Crippen LogP contribution in [0.4, 0.5) is 0 Å². The van der Waals surface area contributed by atoms with Crippen molar-refractivity contribution in [3.63, 3.8) is 0 Å². The summed E-state index contributed by atoms with van der Waals surface area (Å²) in [6, 6.07) is 0. The van der Waals surface area contributed by atoms with Crippen molar-refractivity contribution < 1.29 is 9.47 Å².